The molecule has 0 radical (unpaired) electrons. The van der Waals surface area contributed by atoms with Crippen LogP contribution < -0.4 is 11.1 Å². The maximum absolute atomic E-state index is 11.5. The van der Waals surface area contributed by atoms with Crippen LogP contribution in [0.3, 0.4) is 0 Å². The highest BCUT2D eigenvalue weighted by Gasteiger charge is 2.08. The van der Waals surface area contributed by atoms with Gasteiger partial charge in [0.15, 0.2) is 0 Å². The first-order chi connectivity index (χ1) is 8.04. The zero-order valence-electron chi connectivity index (χ0n) is 8.77. The van der Waals surface area contributed by atoms with Crippen LogP contribution >= 0.6 is 11.6 Å². The Bertz CT molecular complexity index is 462. The van der Waals surface area contributed by atoms with Crippen molar-refractivity contribution in [1.29, 1.82) is 0 Å². The summed E-state index contributed by atoms with van der Waals surface area (Å²) in [6.45, 7) is 0.0470. The average molecular weight is 256 g/mol. The molecule has 0 unspecified atom stereocenters. The van der Waals surface area contributed by atoms with Crippen LogP contribution in [0.1, 0.15) is 16.8 Å². The maximum Gasteiger partial charge on any atom is 0.288 e. The predicted octanol–water partition coefficient (Wildman–Crippen LogP) is 1.34. The third kappa shape index (κ3) is 3.84. The maximum atomic E-state index is 11.5. The van der Waals surface area contributed by atoms with Crippen molar-refractivity contribution in [1.82, 2.24) is 5.32 Å². The van der Waals surface area contributed by atoms with E-state index in [1.54, 1.807) is 0 Å². The molecule has 90 valence electrons. The van der Waals surface area contributed by atoms with Gasteiger partial charge in [-0.2, -0.15) is 0 Å². The van der Waals surface area contributed by atoms with Crippen molar-refractivity contribution < 1.29 is 9.59 Å². The molecule has 1 rings (SSSR count). The Kier molecular flexibility index (Phi) is 4.59. The van der Waals surface area contributed by atoms with Crippen molar-refractivity contribution >= 4 is 29.1 Å². The number of halogens is 1. The average Bonchev–Trinajstić information content (AvgIpc) is 2.32. The van der Waals surface area contributed by atoms with E-state index in [4.69, 9.17) is 17.3 Å². The number of nitrogens with one attached hydrogen (secondary N) is 1. The monoisotopic (exact) mass is 255 g/mol. The number of benzene rings is 1. The molecule has 0 heterocycles. The summed E-state index contributed by atoms with van der Waals surface area (Å²) in [5.74, 6) is -1.20. The first-order valence-corrected chi connectivity index (χ1v) is 5.12. The number of amides is 2. The lowest BCUT2D eigenvalue weighted by Gasteiger charge is -2.04. The molecule has 7 heteroatoms. The Morgan fingerprint density at radius 1 is 1.41 bits per heavy atom. The Morgan fingerprint density at radius 3 is 2.71 bits per heavy atom. The summed E-state index contributed by atoms with van der Waals surface area (Å²) >= 11 is 5.75. The van der Waals surface area contributed by atoms with Gasteiger partial charge < -0.3 is 11.1 Å². The lowest BCUT2D eigenvalue weighted by Crippen LogP contribution is -2.25. The van der Waals surface area contributed by atoms with E-state index < -0.39 is 11.8 Å². The lowest BCUT2D eigenvalue weighted by molar-refractivity contribution is -0.117. The minimum atomic E-state index is -0.805. The quantitative estimate of drug-likeness (QED) is 0.626. The fourth-order valence-electron chi connectivity index (χ4n) is 1.10. The van der Waals surface area contributed by atoms with Gasteiger partial charge in [-0.3, -0.25) is 9.59 Å². The number of anilines is 1. The van der Waals surface area contributed by atoms with Crippen LogP contribution in [-0.2, 0) is 4.79 Å². The molecule has 0 fully saturated rings. The number of rotatable bonds is 4. The molecule has 0 spiro atoms. The number of nitrogen functional groups attached to an aromatic ring is 1. The largest absolute Gasteiger partial charge is 0.398 e. The van der Waals surface area contributed by atoms with Crippen LogP contribution in [0.4, 0.5) is 5.69 Å². The summed E-state index contributed by atoms with van der Waals surface area (Å²) in [7, 11) is 0. The Labute approximate surface area is 102 Å². The molecule has 0 bridgehead atoms. The van der Waals surface area contributed by atoms with E-state index in [1.807, 2.05) is 0 Å². The standard InChI is InChI=1S/C10H10ClN3O3/c11-7-5-6(1-2-8(7)12)10(16)13-4-3-9(15)14-17/h1-2,5H,3-4,12H2,(H,13,16). The number of nitrogens with two attached hydrogens (primary N) is 1. The minimum absolute atomic E-state index is 0.0470. The zero-order valence-corrected chi connectivity index (χ0v) is 9.53. The van der Waals surface area contributed by atoms with Crippen molar-refractivity contribution in [3.05, 3.63) is 33.7 Å². The topological polar surface area (TPSA) is 102 Å². The van der Waals surface area contributed by atoms with Crippen LogP contribution in [-0.4, -0.2) is 18.4 Å². The van der Waals surface area contributed by atoms with Gasteiger partial charge in [0.2, 0.25) is 0 Å². The number of carbonyl (C=O) groups is 2. The van der Waals surface area contributed by atoms with Crippen LogP contribution in [0, 0.1) is 4.91 Å². The summed E-state index contributed by atoms with van der Waals surface area (Å²) in [5.41, 5.74) is 6.20. The fourth-order valence-corrected chi connectivity index (χ4v) is 1.28. The first kappa shape index (κ1) is 13.1. The molecule has 0 aliphatic heterocycles. The van der Waals surface area contributed by atoms with Gasteiger partial charge in [0.05, 0.1) is 10.7 Å². The van der Waals surface area contributed by atoms with E-state index in [-0.39, 0.29) is 18.0 Å². The molecular formula is C10H10ClN3O3. The van der Waals surface area contributed by atoms with Crippen molar-refractivity contribution in [2.24, 2.45) is 5.18 Å². The Balaban J connectivity index is 2.55. The van der Waals surface area contributed by atoms with Gasteiger partial charge >= 0.3 is 0 Å². The Morgan fingerprint density at radius 2 is 2.12 bits per heavy atom. The van der Waals surface area contributed by atoms with E-state index in [0.29, 0.717) is 11.3 Å². The van der Waals surface area contributed by atoms with Gasteiger partial charge in [-0.25, -0.2) is 0 Å². The van der Waals surface area contributed by atoms with Crippen molar-refractivity contribution in [3.63, 3.8) is 0 Å². The van der Waals surface area contributed by atoms with Gasteiger partial charge in [0.1, 0.15) is 0 Å². The summed E-state index contributed by atoms with van der Waals surface area (Å²) in [6, 6.07) is 4.44. The zero-order chi connectivity index (χ0) is 12.8. The number of nitrogens with zero attached hydrogens (tertiary/aromatic N) is 1. The lowest BCUT2D eigenvalue weighted by atomic mass is 10.2. The van der Waals surface area contributed by atoms with Gasteiger partial charge in [-0.15, -0.1) is 4.91 Å². The number of hydrogen-bond acceptors (Lipinski definition) is 4. The highest BCUT2D eigenvalue weighted by molar-refractivity contribution is 6.33. The summed E-state index contributed by atoms with van der Waals surface area (Å²) in [6.07, 6.45) is -0.127. The van der Waals surface area contributed by atoms with E-state index >= 15 is 0 Å². The normalized spacial score (nSPS) is 9.71. The fraction of sp³-hybridized carbons (Fsp3) is 0.200. The molecule has 0 saturated heterocycles. The molecule has 6 nitrogen and oxygen atoms in total. The molecule has 0 saturated carbocycles. The van der Waals surface area contributed by atoms with Crippen LogP contribution in [0.5, 0.6) is 0 Å². The third-order valence-corrected chi connectivity index (χ3v) is 2.32. The summed E-state index contributed by atoms with van der Waals surface area (Å²) in [4.78, 5) is 31.9. The molecular weight excluding hydrogens is 246 g/mol. The van der Waals surface area contributed by atoms with Crippen molar-refractivity contribution in [2.75, 3.05) is 12.3 Å². The minimum Gasteiger partial charge on any atom is -0.398 e. The van der Waals surface area contributed by atoms with E-state index in [9.17, 15) is 14.5 Å². The second-order valence-corrected chi connectivity index (χ2v) is 3.63. The number of hydrogen-bond donors (Lipinski definition) is 2. The molecule has 3 N–H and O–H groups in total. The molecule has 1 aromatic rings. The van der Waals surface area contributed by atoms with E-state index in [2.05, 4.69) is 10.5 Å². The highest BCUT2D eigenvalue weighted by Crippen LogP contribution is 2.19. The smallest absolute Gasteiger partial charge is 0.288 e. The number of nitroso groups, excluding NO2 is 1. The molecule has 0 atom stereocenters. The predicted molar refractivity (Wildman–Crippen MR) is 63.6 cm³/mol. The second kappa shape index (κ2) is 5.95. The molecule has 0 aliphatic rings. The summed E-state index contributed by atoms with van der Waals surface area (Å²) in [5, 5.41) is 4.94. The van der Waals surface area contributed by atoms with Crippen LogP contribution in [0.15, 0.2) is 23.4 Å². The molecule has 0 aromatic heterocycles. The van der Waals surface area contributed by atoms with Crippen LogP contribution in [0.2, 0.25) is 5.02 Å². The van der Waals surface area contributed by atoms with Gasteiger partial charge in [-0.05, 0) is 18.2 Å². The molecule has 1 aromatic carbocycles. The van der Waals surface area contributed by atoms with Gasteiger partial charge in [0, 0.05) is 23.7 Å². The number of carbonyl (C=O) groups excluding carboxylic acids is 2. The van der Waals surface area contributed by atoms with Crippen molar-refractivity contribution in [2.45, 2.75) is 6.42 Å². The van der Waals surface area contributed by atoms with E-state index in [1.165, 1.54) is 18.2 Å². The van der Waals surface area contributed by atoms with Gasteiger partial charge in [0.25, 0.3) is 11.8 Å². The SMILES string of the molecule is Nc1ccc(C(=O)NCCC(=O)N=O)cc1Cl. The first-order valence-electron chi connectivity index (χ1n) is 4.74. The third-order valence-electron chi connectivity index (χ3n) is 1.99. The molecule has 0 aliphatic carbocycles. The van der Waals surface area contributed by atoms with Gasteiger partial charge in [-0.1, -0.05) is 11.6 Å². The van der Waals surface area contributed by atoms with Crippen LogP contribution in [0.25, 0.3) is 0 Å². The van der Waals surface area contributed by atoms with Crippen molar-refractivity contribution in [3.8, 4) is 0 Å². The Hall–Kier alpha value is -1.95. The highest BCUT2D eigenvalue weighted by atomic mass is 35.5. The molecule has 17 heavy (non-hydrogen) atoms. The molecule has 2 amide bonds. The van der Waals surface area contributed by atoms with E-state index in [0.717, 1.165) is 0 Å². The second-order valence-electron chi connectivity index (χ2n) is 3.23. The summed E-state index contributed by atoms with van der Waals surface area (Å²) < 4.78 is 0.